The summed E-state index contributed by atoms with van der Waals surface area (Å²) >= 11 is 0. The van der Waals surface area contributed by atoms with Crippen molar-refractivity contribution in [3.8, 4) is 0 Å². The van der Waals surface area contributed by atoms with Gasteiger partial charge in [0.25, 0.3) is 0 Å². The van der Waals surface area contributed by atoms with Crippen LogP contribution in [0.4, 0.5) is 0 Å². The van der Waals surface area contributed by atoms with E-state index in [0.29, 0.717) is 29.6 Å². The highest BCUT2D eigenvalue weighted by atomic mass is 16.5. The lowest BCUT2D eigenvalue weighted by Gasteiger charge is -2.49. The molecule has 0 aromatic rings. The van der Waals surface area contributed by atoms with Crippen molar-refractivity contribution in [2.75, 3.05) is 7.11 Å². The van der Waals surface area contributed by atoms with Crippen LogP contribution in [-0.2, 0) is 14.3 Å². The molecule has 0 amide bonds. The van der Waals surface area contributed by atoms with Gasteiger partial charge in [0, 0.05) is 23.1 Å². The van der Waals surface area contributed by atoms with Gasteiger partial charge in [-0.25, -0.2) is 0 Å². The maximum Gasteiger partial charge on any atom is 0.224 e. The molecule has 0 aromatic carbocycles. The molecule has 0 spiro atoms. The molecular weight excluding hydrogens is 316 g/mol. The van der Waals surface area contributed by atoms with Crippen molar-refractivity contribution in [3.05, 3.63) is 22.5 Å². The summed E-state index contributed by atoms with van der Waals surface area (Å²) in [6.45, 7) is 8.23. The van der Waals surface area contributed by atoms with Gasteiger partial charge in [-0.3, -0.25) is 9.59 Å². The van der Waals surface area contributed by atoms with Gasteiger partial charge < -0.3 is 9.84 Å². The number of rotatable bonds is 2. The average molecular weight is 346 g/mol. The summed E-state index contributed by atoms with van der Waals surface area (Å²) in [7, 11) is 1.45. The Morgan fingerprint density at radius 1 is 1.12 bits per heavy atom. The van der Waals surface area contributed by atoms with Crippen LogP contribution in [0.3, 0.4) is 0 Å². The van der Waals surface area contributed by atoms with E-state index >= 15 is 0 Å². The minimum atomic E-state index is -0.900. The zero-order chi connectivity index (χ0) is 18.6. The number of ketones is 2. The average Bonchev–Trinajstić information content (AvgIpc) is 2.67. The first-order chi connectivity index (χ1) is 11.6. The first-order valence-electron chi connectivity index (χ1n) is 9.44. The summed E-state index contributed by atoms with van der Waals surface area (Å²) in [5, 5.41) is 11.4. The molecule has 0 radical (unpaired) electrons. The Balaban J connectivity index is 2.06. The highest BCUT2D eigenvalue weighted by Crippen LogP contribution is 2.53. The Morgan fingerprint density at radius 3 is 2.40 bits per heavy atom. The molecule has 0 heterocycles. The van der Waals surface area contributed by atoms with E-state index in [1.54, 1.807) is 0 Å². The number of hydrogen-bond acceptors (Lipinski definition) is 4. The molecule has 0 saturated heterocycles. The molecule has 3 aliphatic rings. The Bertz CT molecular complexity index is 680. The van der Waals surface area contributed by atoms with Crippen molar-refractivity contribution in [1.82, 2.24) is 0 Å². The predicted molar refractivity (Wildman–Crippen MR) is 95.8 cm³/mol. The van der Waals surface area contributed by atoms with Crippen molar-refractivity contribution in [2.24, 2.45) is 17.3 Å². The van der Waals surface area contributed by atoms with Gasteiger partial charge in [0.15, 0.2) is 11.5 Å². The Kier molecular flexibility index (Phi) is 4.47. The van der Waals surface area contributed by atoms with Crippen molar-refractivity contribution < 1.29 is 19.4 Å². The molecule has 3 rings (SSSR count). The third-order valence-corrected chi connectivity index (χ3v) is 6.58. The van der Waals surface area contributed by atoms with Crippen molar-refractivity contribution in [1.29, 1.82) is 0 Å². The van der Waals surface area contributed by atoms with Crippen LogP contribution in [0.15, 0.2) is 22.5 Å². The molecule has 1 N–H and O–H groups in total. The molecule has 4 heteroatoms. The van der Waals surface area contributed by atoms with Gasteiger partial charge in [-0.2, -0.15) is 0 Å². The minimum Gasteiger partial charge on any atom is -0.492 e. The van der Waals surface area contributed by atoms with E-state index in [-0.39, 0.29) is 41.0 Å². The summed E-state index contributed by atoms with van der Waals surface area (Å²) in [5.41, 5.74) is 0.721. The van der Waals surface area contributed by atoms with E-state index < -0.39 is 5.60 Å². The smallest absolute Gasteiger partial charge is 0.224 e. The second kappa shape index (κ2) is 6.08. The summed E-state index contributed by atoms with van der Waals surface area (Å²) in [4.78, 5) is 26.2. The number of carbonyl (C=O) groups excluding carboxylic acids is 2. The summed E-state index contributed by atoms with van der Waals surface area (Å²) < 4.78 is 5.34. The maximum atomic E-state index is 13.1. The van der Waals surface area contributed by atoms with E-state index in [2.05, 4.69) is 13.8 Å². The van der Waals surface area contributed by atoms with Crippen LogP contribution < -0.4 is 0 Å². The van der Waals surface area contributed by atoms with Gasteiger partial charge in [-0.1, -0.05) is 34.1 Å². The molecule has 1 saturated carbocycles. The molecule has 0 aliphatic heterocycles. The van der Waals surface area contributed by atoms with E-state index in [0.717, 1.165) is 19.3 Å². The topological polar surface area (TPSA) is 63.6 Å². The molecule has 0 bridgehead atoms. The second-order valence-electron chi connectivity index (χ2n) is 8.93. The summed E-state index contributed by atoms with van der Waals surface area (Å²) in [6, 6.07) is 0. The largest absolute Gasteiger partial charge is 0.492 e. The second-order valence-corrected chi connectivity index (χ2v) is 8.93. The van der Waals surface area contributed by atoms with Crippen molar-refractivity contribution >= 4 is 11.6 Å². The van der Waals surface area contributed by atoms with Gasteiger partial charge in [0.1, 0.15) is 0 Å². The lowest BCUT2D eigenvalue weighted by molar-refractivity contribution is -0.121. The third-order valence-electron chi connectivity index (χ3n) is 6.58. The normalized spacial score (nSPS) is 32.5. The van der Waals surface area contributed by atoms with Crippen molar-refractivity contribution in [2.45, 2.75) is 71.8 Å². The predicted octanol–water partition coefficient (Wildman–Crippen LogP) is 3.73. The number of fused-ring (bicyclic) bond motifs is 1. The van der Waals surface area contributed by atoms with Crippen LogP contribution in [0.25, 0.3) is 0 Å². The quantitative estimate of drug-likeness (QED) is 0.774. The molecule has 0 aromatic heterocycles. The zero-order valence-electron chi connectivity index (χ0n) is 16.1. The first-order valence-corrected chi connectivity index (χ1v) is 9.44. The van der Waals surface area contributed by atoms with Crippen LogP contribution in [0.5, 0.6) is 0 Å². The Morgan fingerprint density at radius 2 is 1.80 bits per heavy atom. The SMILES string of the molecule is COC1=C(C(C)C)C(=O)C2=C(CC3(O)CCCC(C)(C)C3CC2)C1=O. The minimum absolute atomic E-state index is 0.0199. The number of aliphatic hydroxyl groups is 1. The number of hydrogen-bond donors (Lipinski definition) is 1. The fourth-order valence-corrected chi connectivity index (χ4v) is 5.37. The first kappa shape index (κ1) is 18.4. The van der Waals surface area contributed by atoms with Crippen LogP contribution in [0.1, 0.15) is 66.2 Å². The maximum absolute atomic E-state index is 13.1. The molecule has 2 atom stereocenters. The number of ether oxygens (including phenoxy) is 1. The molecular formula is C21H30O4. The fourth-order valence-electron chi connectivity index (χ4n) is 5.37. The van der Waals surface area contributed by atoms with Gasteiger partial charge in [0.2, 0.25) is 5.78 Å². The molecule has 138 valence electrons. The van der Waals surface area contributed by atoms with Gasteiger partial charge >= 0.3 is 0 Å². The van der Waals surface area contributed by atoms with E-state index in [1.807, 2.05) is 13.8 Å². The van der Waals surface area contributed by atoms with E-state index in [9.17, 15) is 14.7 Å². The highest BCUT2D eigenvalue weighted by Gasteiger charge is 2.52. The van der Waals surface area contributed by atoms with Crippen molar-refractivity contribution in [3.63, 3.8) is 0 Å². The molecule has 3 aliphatic carbocycles. The lowest BCUT2D eigenvalue weighted by Crippen LogP contribution is -2.49. The number of methoxy groups -OCH3 is 1. The summed E-state index contributed by atoms with van der Waals surface area (Å²) in [6.07, 6.45) is 4.33. The van der Waals surface area contributed by atoms with E-state index in [1.165, 1.54) is 7.11 Å². The molecule has 1 fully saturated rings. The third kappa shape index (κ3) is 2.79. The van der Waals surface area contributed by atoms with Gasteiger partial charge in [-0.05, 0) is 42.9 Å². The standard InChI is InChI=1S/C21H30O4/c1-12(2)16-17(22)13-7-8-15-20(3,4)9-6-10-21(15,24)11-14(13)18(23)19(16)25-5/h12,15,24H,6-11H2,1-5H3. The lowest BCUT2D eigenvalue weighted by atomic mass is 9.59. The van der Waals surface area contributed by atoms with Crippen LogP contribution in [-0.4, -0.2) is 29.4 Å². The van der Waals surface area contributed by atoms with Gasteiger partial charge in [0.05, 0.1) is 12.7 Å². The monoisotopic (exact) mass is 346 g/mol. The zero-order valence-corrected chi connectivity index (χ0v) is 16.1. The fraction of sp³-hybridized carbons (Fsp3) is 0.714. The van der Waals surface area contributed by atoms with Gasteiger partial charge in [-0.15, -0.1) is 0 Å². The number of allylic oxidation sites excluding steroid dienone is 3. The molecule has 4 nitrogen and oxygen atoms in total. The summed E-state index contributed by atoms with van der Waals surface area (Å²) in [5.74, 6) is -0.0328. The Labute approximate surface area is 150 Å². The molecule has 25 heavy (non-hydrogen) atoms. The Hall–Kier alpha value is -1.42. The number of carbonyl (C=O) groups is 2. The van der Waals surface area contributed by atoms with E-state index in [4.69, 9.17) is 4.74 Å². The number of Topliss-reactive ketones (excluding diaryl/α,β-unsaturated/α-hetero) is 2. The molecule has 2 unspecified atom stereocenters. The highest BCUT2D eigenvalue weighted by molar-refractivity contribution is 6.24. The van der Waals surface area contributed by atoms with Crippen LogP contribution >= 0.6 is 0 Å². The van der Waals surface area contributed by atoms with Crippen LogP contribution in [0, 0.1) is 17.3 Å². The van der Waals surface area contributed by atoms with Crippen LogP contribution in [0.2, 0.25) is 0 Å².